The molecule has 3 rings (SSSR count). The monoisotopic (exact) mass is 397 g/mol. The molecule has 1 N–H and O–H groups in total. The van der Waals surface area contributed by atoms with Crippen molar-refractivity contribution in [3.63, 3.8) is 0 Å². The summed E-state index contributed by atoms with van der Waals surface area (Å²) < 4.78 is 41.4. The minimum atomic E-state index is -2.85. The largest absolute Gasteiger partial charge is 0.385 e. The number of rotatable bonds is 6. The first-order chi connectivity index (χ1) is 12.8. The number of hydrogen-bond donors (Lipinski definition) is 1. The van der Waals surface area contributed by atoms with Crippen molar-refractivity contribution in [2.24, 2.45) is 0 Å². The fraction of sp³-hybridized carbons (Fsp3) is 0.429. The van der Waals surface area contributed by atoms with Gasteiger partial charge in [0.25, 0.3) is 5.92 Å². The maximum Gasteiger partial charge on any atom is 0.253 e. The Morgan fingerprint density at radius 2 is 1.59 bits per heavy atom. The van der Waals surface area contributed by atoms with Gasteiger partial charge in [-0.1, -0.05) is 35.9 Å². The van der Waals surface area contributed by atoms with Gasteiger partial charge in [-0.25, -0.2) is 13.2 Å². The Hall–Kier alpha value is -1.56. The quantitative estimate of drug-likeness (QED) is 0.739. The van der Waals surface area contributed by atoms with Crippen LogP contribution in [0.3, 0.4) is 0 Å². The molecule has 0 bridgehead atoms. The Morgan fingerprint density at radius 1 is 1.00 bits per heavy atom. The predicted octanol–water partition coefficient (Wildman–Crippen LogP) is 5.03. The maximum absolute atomic E-state index is 14.2. The third-order valence-electron chi connectivity index (χ3n) is 5.23. The molecule has 146 valence electrons. The van der Waals surface area contributed by atoms with Gasteiger partial charge in [-0.3, -0.25) is 0 Å². The van der Waals surface area contributed by atoms with Crippen LogP contribution >= 0.6 is 11.6 Å². The molecule has 1 heterocycles. The summed E-state index contributed by atoms with van der Waals surface area (Å²) in [6.07, 6.45) is 0.343. The van der Waals surface area contributed by atoms with Crippen molar-refractivity contribution in [2.75, 3.05) is 19.6 Å². The molecule has 2 aromatic rings. The van der Waals surface area contributed by atoms with Crippen molar-refractivity contribution in [3.8, 4) is 0 Å². The van der Waals surface area contributed by atoms with Gasteiger partial charge in [-0.15, -0.1) is 0 Å². The van der Waals surface area contributed by atoms with E-state index in [9.17, 15) is 18.3 Å². The van der Waals surface area contributed by atoms with E-state index in [0.29, 0.717) is 36.5 Å². The average Bonchev–Trinajstić information content (AvgIpc) is 2.64. The molecule has 2 nitrogen and oxygen atoms in total. The number of aliphatic hydroxyl groups is 1. The van der Waals surface area contributed by atoms with Crippen LogP contribution in [0.25, 0.3) is 0 Å². The van der Waals surface area contributed by atoms with Gasteiger partial charge in [0, 0.05) is 37.5 Å². The summed E-state index contributed by atoms with van der Waals surface area (Å²) in [5.74, 6) is -3.27. The lowest BCUT2D eigenvalue weighted by Crippen LogP contribution is -2.43. The van der Waals surface area contributed by atoms with Crippen molar-refractivity contribution >= 4 is 11.6 Å². The second kappa shape index (κ2) is 8.21. The second-order valence-electron chi connectivity index (χ2n) is 7.29. The zero-order valence-electron chi connectivity index (χ0n) is 15.0. The lowest BCUT2D eigenvalue weighted by atomic mass is 9.84. The number of alkyl halides is 2. The number of piperidine rings is 1. The van der Waals surface area contributed by atoms with E-state index in [4.69, 9.17) is 11.6 Å². The minimum Gasteiger partial charge on any atom is -0.385 e. The summed E-state index contributed by atoms with van der Waals surface area (Å²) in [6.45, 7) is 1.39. The van der Waals surface area contributed by atoms with Crippen LogP contribution in [0, 0.1) is 5.82 Å². The van der Waals surface area contributed by atoms with E-state index in [-0.39, 0.29) is 13.0 Å². The smallest absolute Gasteiger partial charge is 0.253 e. The fourth-order valence-corrected chi connectivity index (χ4v) is 3.63. The van der Waals surface area contributed by atoms with E-state index in [1.54, 1.807) is 12.1 Å². The van der Waals surface area contributed by atoms with Crippen LogP contribution in [0.5, 0.6) is 0 Å². The molecule has 0 aliphatic carbocycles. The normalized spacial score (nSPS) is 17.8. The molecule has 0 spiro atoms. The number of hydrogen-bond acceptors (Lipinski definition) is 2. The Kier molecular flexibility index (Phi) is 6.14. The molecule has 1 saturated heterocycles. The molecule has 0 atom stereocenters. The molecule has 0 saturated carbocycles. The Labute approximate surface area is 162 Å². The summed E-state index contributed by atoms with van der Waals surface area (Å²) in [4.78, 5) is 1.96. The van der Waals surface area contributed by atoms with E-state index in [1.807, 2.05) is 17.0 Å². The molecular formula is C21H23ClF3NO. The first-order valence-corrected chi connectivity index (χ1v) is 9.47. The zero-order valence-corrected chi connectivity index (χ0v) is 15.7. The lowest BCUT2D eigenvalue weighted by Gasteiger charge is -2.39. The topological polar surface area (TPSA) is 23.5 Å². The average molecular weight is 398 g/mol. The van der Waals surface area contributed by atoms with Crippen LogP contribution < -0.4 is 0 Å². The molecule has 27 heavy (non-hydrogen) atoms. The van der Waals surface area contributed by atoms with Crippen molar-refractivity contribution < 1.29 is 18.3 Å². The van der Waals surface area contributed by atoms with Gasteiger partial charge < -0.3 is 10.0 Å². The first kappa shape index (κ1) is 20.2. The van der Waals surface area contributed by atoms with Crippen LogP contribution in [0.2, 0.25) is 5.02 Å². The van der Waals surface area contributed by atoms with Crippen molar-refractivity contribution in [2.45, 2.75) is 37.2 Å². The molecule has 6 heteroatoms. The van der Waals surface area contributed by atoms with E-state index >= 15 is 0 Å². The van der Waals surface area contributed by atoms with Crippen LogP contribution in [0.15, 0.2) is 48.5 Å². The highest BCUT2D eigenvalue weighted by Crippen LogP contribution is 2.34. The highest BCUT2D eigenvalue weighted by molar-refractivity contribution is 6.30. The SMILES string of the molecule is OC1(c2ccc(Cl)cc2)CCN(CCC(F)(F)Cc2ccc(F)cc2)CC1. The Morgan fingerprint density at radius 3 is 2.19 bits per heavy atom. The van der Waals surface area contributed by atoms with Gasteiger partial charge >= 0.3 is 0 Å². The lowest BCUT2D eigenvalue weighted by molar-refractivity contribution is -0.0440. The first-order valence-electron chi connectivity index (χ1n) is 9.09. The van der Waals surface area contributed by atoms with Crippen molar-refractivity contribution in [1.29, 1.82) is 0 Å². The zero-order chi connectivity index (χ0) is 19.5. The highest BCUT2D eigenvalue weighted by atomic mass is 35.5. The highest BCUT2D eigenvalue weighted by Gasteiger charge is 2.35. The molecule has 2 aromatic carbocycles. The van der Waals surface area contributed by atoms with E-state index in [0.717, 1.165) is 5.56 Å². The summed E-state index contributed by atoms with van der Waals surface area (Å²) in [7, 11) is 0. The predicted molar refractivity (Wildman–Crippen MR) is 101 cm³/mol. The van der Waals surface area contributed by atoms with E-state index in [2.05, 4.69) is 0 Å². The van der Waals surface area contributed by atoms with Gasteiger partial charge in [0.15, 0.2) is 0 Å². The number of benzene rings is 2. The van der Waals surface area contributed by atoms with E-state index in [1.165, 1.54) is 24.3 Å². The molecule has 0 aromatic heterocycles. The van der Waals surface area contributed by atoms with Gasteiger partial charge in [-0.2, -0.15) is 0 Å². The van der Waals surface area contributed by atoms with Gasteiger partial charge in [0.1, 0.15) is 5.82 Å². The Bertz CT molecular complexity index is 741. The fourth-order valence-electron chi connectivity index (χ4n) is 3.51. The molecule has 1 fully saturated rings. The van der Waals surface area contributed by atoms with Gasteiger partial charge in [0.2, 0.25) is 0 Å². The van der Waals surface area contributed by atoms with Crippen molar-refractivity contribution in [1.82, 2.24) is 4.90 Å². The third-order valence-corrected chi connectivity index (χ3v) is 5.49. The van der Waals surface area contributed by atoms with Crippen LogP contribution in [0.4, 0.5) is 13.2 Å². The van der Waals surface area contributed by atoms with Crippen LogP contribution in [0.1, 0.15) is 30.4 Å². The summed E-state index contributed by atoms with van der Waals surface area (Å²) in [5.41, 5.74) is 0.308. The van der Waals surface area contributed by atoms with Crippen molar-refractivity contribution in [3.05, 3.63) is 70.5 Å². The molecule has 0 amide bonds. The molecular weight excluding hydrogens is 375 g/mol. The molecule has 0 radical (unpaired) electrons. The summed E-state index contributed by atoms with van der Waals surface area (Å²) in [5, 5.41) is 11.5. The van der Waals surface area contributed by atoms with Gasteiger partial charge in [0.05, 0.1) is 5.60 Å². The molecule has 1 aliphatic rings. The minimum absolute atomic E-state index is 0.260. The summed E-state index contributed by atoms with van der Waals surface area (Å²) >= 11 is 5.89. The second-order valence-corrected chi connectivity index (χ2v) is 7.73. The molecule has 0 unspecified atom stereocenters. The van der Waals surface area contributed by atoms with Crippen LogP contribution in [-0.4, -0.2) is 35.6 Å². The Balaban J connectivity index is 1.50. The molecule has 1 aliphatic heterocycles. The van der Waals surface area contributed by atoms with Crippen LogP contribution in [-0.2, 0) is 12.0 Å². The maximum atomic E-state index is 14.2. The number of halogens is 4. The van der Waals surface area contributed by atoms with Gasteiger partial charge in [-0.05, 0) is 48.2 Å². The van der Waals surface area contributed by atoms with E-state index < -0.39 is 23.8 Å². The summed E-state index contributed by atoms with van der Waals surface area (Å²) in [6, 6.07) is 12.3. The third kappa shape index (κ3) is 5.47. The number of likely N-dealkylation sites (tertiary alicyclic amines) is 1. The number of nitrogens with zero attached hydrogens (tertiary/aromatic N) is 1. The standard InChI is InChI=1S/C21H23ClF3NO/c22-18-5-3-17(4-6-18)20(27)9-12-26(13-10-20)14-11-21(24,25)15-16-1-7-19(23)8-2-16/h1-8,27H,9-15H2.